The maximum atomic E-state index is 3.97. The van der Waals surface area contributed by atoms with Crippen LogP contribution >= 0.6 is 0 Å². The molecule has 0 aromatic heterocycles. The first-order valence-electron chi connectivity index (χ1n) is 6.31. The minimum atomic E-state index is 0.449. The van der Waals surface area contributed by atoms with Crippen LogP contribution < -0.4 is 15.5 Å². The quantitative estimate of drug-likeness (QED) is 0.640. The average molecular weight is 257 g/mol. The summed E-state index contributed by atoms with van der Waals surface area (Å²) in [5.74, 6) is 0.449. The molecule has 0 atom stereocenters. The Balaban J connectivity index is 2.03. The van der Waals surface area contributed by atoms with Gasteiger partial charge in [-0.1, -0.05) is 6.58 Å². The third-order valence-electron chi connectivity index (χ3n) is 2.97. The highest BCUT2D eigenvalue weighted by molar-refractivity contribution is 5.96. The molecule has 0 saturated carbocycles. The molecule has 0 spiro atoms. The average Bonchev–Trinajstić information content (AvgIpc) is 2.48. The van der Waals surface area contributed by atoms with Crippen LogP contribution in [-0.2, 0) is 0 Å². The van der Waals surface area contributed by atoms with Gasteiger partial charge in [0, 0.05) is 43.8 Å². The Labute approximate surface area is 113 Å². The summed E-state index contributed by atoms with van der Waals surface area (Å²) in [7, 11) is 0. The minimum absolute atomic E-state index is 0.449. The summed E-state index contributed by atoms with van der Waals surface area (Å²) in [5.41, 5.74) is 2.17. The van der Waals surface area contributed by atoms with Crippen LogP contribution in [0, 0.1) is 0 Å². The number of anilines is 2. The van der Waals surface area contributed by atoms with Gasteiger partial charge in [-0.25, -0.2) is 9.98 Å². The lowest BCUT2D eigenvalue weighted by atomic mass is 10.2. The van der Waals surface area contributed by atoms with Gasteiger partial charge in [-0.2, -0.15) is 0 Å². The summed E-state index contributed by atoms with van der Waals surface area (Å²) in [5, 5.41) is 6.42. The van der Waals surface area contributed by atoms with Crippen LogP contribution in [0.5, 0.6) is 0 Å². The number of hydrogen-bond acceptors (Lipinski definition) is 3. The van der Waals surface area contributed by atoms with Crippen molar-refractivity contribution in [1.82, 2.24) is 5.32 Å². The second kappa shape index (κ2) is 6.70. The number of benzene rings is 1. The first kappa shape index (κ1) is 13.3. The lowest BCUT2D eigenvalue weighted by Crippen LogP contribution is -2.43. The van der Waals surface area contributed by atoms with Gasteiger partial charge < -0.3 is 15.5 Å². The van der Waals surface area contributed by atoms with E-state index in [0.717, 1.165) is 31.9 Å². The van der Waals surface area contributed by atoms with Crippen LogP contribution in [0.15, 0.2) is 47.0 Å². The molecule has 5 heteroatoms. The number of piperazine rings is 1. The molecule has 1 aliphatic rings. The van der Waals surface area contributed by atoms with E-state index >= 15 is 0 Å². The molecule has 100 valence electrons. The normalized spacial score (nSPS) is 16.0. The molecule has 5 nitrogen and oxygen atoms in total. The zero-order valence-corrected chi connectivity index (χ0v) is 11.0. The number of nitrogens with zero attached hydrogens (tertiary/aromatic N) is 3. The first-order valence-corrected chi connectivity index (χ1v) is 6.31. The zero-order valence-electron chi connectivity index (χ0n) is 11.0. The van der Waals surface area contributed by atoms with E-state index in [9.17, 15) is 0 Å². The van der Waals surface area contributed by atoms with Gasteiger partial charge >= 0.3 is 0 Å². The highest BCUT2D eigenvalue weighted by Crippen LogP contribution is 2.18. The predicted octanol–water partition coefficient (Wildman–Crippen LogP) is 1.71. The Hall–Kier alpha value is -2.14. The Morgan fingerprint density at radius 1 is 1.26 bits per heavy atom. The highest BCUT2D eigenvalue weighted by atomic mass is 15.2. The molecule has 1 aromatic rings. The summed E-state index contributed by atoms with van der Waals surface area (Å²) >= 11 is 0. The number of aliphatic imine (C=N–C) groups is 2. The molecule has 1 aromatic carbocycles. The molecule has 0 aliphatic carbocycles. The fourth-order valence-electron chi connectivity index (χ4n) is 2.01. The summed E-state index contributed by atoms with van der Waals surface area (Å²) in [6, 6.07) is 8.23. The Bertz CT molecular complexity index is 457. The second-order valence-corrected chi connectivity index (χ2v) is 4.20. The van der Waals surface area contributed by atoms with Crippen LogP contribution in [-0.4, -0.2) is 38.9 Å². The summed E-state index contributed by atoms with van der Waals surface area (Å²) in [6.07, 6.45) is 1.44. The molecule has 1 saturated heterocycles. The van der Waals surface area contributed by atoms with E-state index in [4.69, 9.17) is 0 Å². The molecule has 2 rings (SSSR count). The van der Waals surface area contributed by atoms with Gasteiger partial charge in [0.1, 0.15) is 0 Å². The molecule has 0 amide bonds. The monoisotopic (exact) mass is 257 g/mol. The van der Waals surface area contributed by atoms with E-state index in [1.807, 2.05) is 12.1 Å². The smallest absolute Gasteiger partial charge is 0.226 e. The van der Waals surface area contributed by atoms with E-state index in [-0.39, 0.29) is 0 Å². The van der Waals surface area contributed by atoms with E-state index in [0.29, 0.717) is 5.96 Å². The number of nitrogens with one attached hydrogen (secondary N) is 2. The third-order valence-corrected chi connectivity index (χ3v) is 2.97. The third kappa shape index (κ3) is 3.66. The Kier molecular flexibility index (Phi) is 4.69. The minimum Gasteiger partial charge on any atom is -0.369 e. The predicted molar refractivity (Wildman–Crippen MR) is 82.3 cm³/mol. The van der Waals surface area contributed by atoms with Gasteiger partial charge in [-0.15, -0.1) is 0 Å². The van der Waals surface area contributed by atoms with Crippen molar-refractivity contribution in [1.29, 1.82) is 0 Å². The molecule has 0 radical (unpaired) electrons. The van der Waals surface area contributed by atoms with Gasteiger partial charge in [-0.05, 0) is 31.0 Å². The van der Waals surface area contributed by atoms with E-state index in [2.05, 4.69) is 50.9 Å². The van der Waals surface area contributed by atoms with Crippen molar-refractivity contribution in [3.05, 3.63) is 37.0 Å². The number of guanidine groups is 1. The van der Waals surface area contributed by atoms with Gasteiger partial charge in [0.25, 0.3) is 0 Å². The largest absolute Gasteiger partial charge is 0.369 e. The maximum absolute atomic E-state index is 3.97. The van der Waals surface area contributed by atoms with Gasteiger partial charge in [0.05, 0.1) is 0 Å². The molecule has 0 bridgehead atoms. The van der Waals surface area contributed by atoms with Crippen molar-refractivity contribution < 1.29 is 0 Å². The zero-order chi connectivity index (χ0) is 13.5. The molecule has 1 aliphatic heterocycles. The highest BCUT2D eigenvalue weighted by Gasteiger charge is 2.09. The van der Waals surface area contributed by atoms with Crippen molar-refractivity contribution in [2.24, 2.45) is 9.98 Å². The summed E-state index contributed by atoms with van der Waals surface area (Å²) < 4.78 is 0. The van der Waals surface area contributed by atoms with Crippen LogP contribution in [0.2, 0.25) is 0 Å². The number of rotatable bonds is 3. The van der Waals surface area contributed by atoms with Crippen molar-refractivity contribution in [3.63, 3.8) is 0 Å². The van der Waals surface area contributed by atoms with Crippen LogP contribution in [0.1, 0.15) is 0 Å². The second-order valence-electron chi connectivity index (χ2n) is 4.20. The molecular formula is C14H19N5. The van der Waals surface area contributed by atoms with Crippen molar-refractivity contribution in [3.8, 4) is 0 Å². The molecule has 0 unspecified atom stereocenters. The first-order chi connectivity index (χ1) is 9.33. The van der Waals surface area contributed by atoms with E-state index in [1.165, 1.54) is 11.9 Å². The topological polar surface area (TPSA) is 52.0 Å². The van der Waals surface area contributed by atoms with E-state index in [1.54, 1.807) is 0 Å². The lowest BCUT2D eigenvalue weighted by Gasteiger charge is -2.29. The van der Waals surface area contributed by atoms with Gasteiger partial charge in [0.2, 0.25) is 5.96 Å². The molecule has 2 N–H and O–H groups in total. The summed E-state index contributed by atoms with van der Waals surface area (Å²) in [4.78, 5) is 10.1. The van der Waals surface area contributed by atoms with Crippen molar-refractivity contribution in [2.45, 2.75) is 0 Å². The molecule has 1 heterocycles. The summed E-state index contributed by atoms with van der Waals surface area (Å²) in [6.45, 7) is 11.2. The maximum Gasteiger partial charge on any atom is 0.226 e. The van der Waals surface area contributed by atoms with Crippen LogP contribution in [0.4, 0.5) is 11.4 Å². The van der Waals surface area contributed by atoms with Crippen molar-refractivity contribution in [2.75, 3.05) is 36.4 Å². The Morgan fingerprint density at radius 3 is 2.53 bits per heavy atom. The van der Waals surface area contributed by atoms with Gasteiger partial charge in [-0.3, -0.25) is 0 Å². The number of hydrogen-bond donors (Lipinski definition) is 2. The van der Waals surface area contributed by atoms with Gasteiger partial charge in [0.15, 0.2) is 0 Å². The van der Waals surface area contributed by atoms with Crippen LogP contribution in [0.25, 0.3) is 0 Å². The fraction of sp³-hybridized carbons (Fsp3) is 0.286. The van der Waals surface area contributed by atoms with Crippen LogP contribution in [0.3, 0.4) is 0 Å². The Morgan fingerprint density at radius 2 is 1.95 bits per heavy atom. The molecular weight excluding hydrogens is 238 g/mol. The molecule has 19 heavy (non-hydrogen) atoms. The lowest BCUT2D eigenvalue weighted by molar-refractivity contribution is 0.589. The standard InChI is InChI=1S/C14H19N5/c1-3-17-14(15-2)18-12-4-6-13(7-5-12)19-10-8-16-9-11-19/h3-7,16H,1-2,8-11H2,(H,17,18). The SMILES string of the molecule is C=CN=C(N=C)Nc1ccc(N2CCNCC2)cc1. The fourth-order valence-corrected chi connectivity index (χ4v) is 2.01. The van der Waals surface area contributed by atoms with Crippen molar-refractivity contribution >= 4 is 24.1 Å². The van der Waals surface area contributed by atoms with E-state index < -0.39 is 0 Å². The molecule has 1 fully saturated rings.